The maximum atomic E-state index is 6.42. The van der Waals surface area contributed by atoms with Crippen molar-refractivity contribution < 1.29 is 9.47 Å². The minimum Gasteiger partial charge on any atom is -0.497 e. The molecule has 0 aliphatic heterocycles. The zero-order valence-corrected chi connectivity index (χ0v) is 16.1. The van der Waals surface area contributed by atoms with Crippen LogP contribution in [0.5, 0.6) is 11.6 Å². The lowest BCUT2D eigenvalue weighted by Crippen LogP contribution is -2.15. The number of hydrogen-bond acceptors (Lipinski definition) is 4. The number of nitrogens with zero attached hydrogens (tertiary/aromatic N) is 2. The van der Waals surface area contributed by atoms with Crippen LogP contribution >= 0.6 is 23.8 Å². The lowest BCUT2D eigenvalue weighted by molar-refractivity contribution is 0.320. The fourth-order valence-electron chi connectivity index (χ4n) is 2.44. The summed E-state index contributed by atoms with van der Waals surface area (Å²) in [7, 11) is 1.66. The first-order valence-corrected chi connectivity index (χ1v) is 8.79. The number of rotatable bonds is 7. The molecule has 1 aromatic heterocycles. The molecule has 130 valence electrons. The predicted molar refractivity (Wildman–Crippen MR) is 99.9 cm³/mol. The molecule has 0 bridgehead atoms. The summed E-state index contributed by atoms with van der Waals surface area (Å²) in [4.78, 5) is 4.34. The Bertz CT molecular complexity index is 742. The summed E-state index contributed by atoms with van der Waals surface area (Å²) in [5.41, 5.74) is 2.05. The van der Waals surface area contributed by atoms with E-state index in [1.54, 1.807) is 7.11 Å². The Hall–Kier alpha value is -1.59. The van der Waals surface area contributed by atoms with Gasteiger partial charge in [-0.15, -0.1) is 0 Å². The van der Waals surface area contributed by atoms with Crippen LogP contribution in [-0.4, -0.2) is 23.3 Å². The number of aromatic nitrogens is 2. The first-order valence-electron chi connectivity index (χ1n) is 8.01. The Labute approximate surface area is 153 Å². The van der Waals surface area contributed by atoms with E-state index in [1.807, 2.05) is 35.8 Å². The van der Waals surface area contributed by atoms with Gasteiger partial charge in [-0.2, -0.15) is 4.98 Å². The highest BCUT2D eigenvalue weighted by Gasteiger charge is 2.15. The molecule has 0 N–H and O–H groups in total. The van der Waals surface area contributed by atoms with Crippen molar-refractivity contribution in [2.75, 3.05) is 13.7 Å². The minimum absolute atomic E-state index is 0.415. The monoisotopic (exact) mass is 366 g/mol. The number of ether oxygens (including phenoxy) is 2. The zero-order valence-electron chi connectivity index (χ0n) is 14.5. The van der Waals surface area contributed by atoms with E-state index in [-0.39, 0.29) is 0 Å². The summed E-state index contributed by atoms with van der Waals surface area (Å²) in [6.45, 7) is 7.31. The van der Waals surface area contributed by atoms with Gasteiger partial charge in [-0.3, -0.25) is 0 Å². The van der Waals surface area contributed by atoms with Gasteiger partial charge in [0.2, 0.25) is 0 Å². The first kappa shape index (κ1) is 18.7. The van der Waals surface area contributed by atoms with Crippen molar-refractivity contribution >= 4 is 23.8 Å². The van der Waals surface area contributed by atoms with Gasteiger partial charge in [0.05, 0.1) is 19.4 Å². The Morgan fingerprint density at radius 1 is 1.25 bits per heavy atom. The smallest absolute Gasteiger partial charge is 0.251 e. The van der Waals surface area contributed by atoms with E-state index in [0.717, 1.165) is 23.4 Å². The summed E-state index contributed by atoms with van der Waals surface area (Å²) < 4.78 is 13.4. The maximum absolute atomic E-state index is 6.42. The molecule has 0 radical (unpaired) electrons. The molecule has 0 aliphatic rings. The van der Waals surface area contributed by atoms with Gasteiger partial charge in [-0.25, -0.2) is 0 Å². The van der Waals surface area contributed by atoms with Gasteiger partial charge in [0.25, 0.3) is 5.88 Å². The number of halogens is 1. The summed E-state index contributed by atoms with van der Waals surface area (Å²) >= 11 is 12.0. The molecule has 1 heterocycles. The number of methoxy groups -OCH3 is 1. The second-order valence-electron chi connectivity index (χ2n) is 5.92. The van der Waals surface area contributed by atoms with E-state index in [2.05, 4.69) is 18.8 Å². The second-order valence-corrected chi connectivity index (χ2v) is 6.67. The predicted octanol–water partition coefficient (Wildman–Crippen LogP) is 4.92. The average molecular weight is 367 g/mol. The molecule has 4 nitrogen and oxygen atoms in total. The maximum Gasteiger partial charge on any atom is 0.251 e. The fraction of sp³-hybridized carbons (Fsp3) is 0.444. The molecule has 0 saturated carbocycles. The van der Waals surface area contributed by atoms with Crippen LogP contribution in [0.15, 0.2) is 24.3 Å². The molecule has 0 spiro atoms. The van der Waals surface area contributed by atoms with Crippen molar-refractivity contribution in [3.8, 4) is 11.6 Å². The van der Waals surface area contributed by atoms with Crippen molar-refractivity contribution in [3.63, 3.8) is 0 Å². The third-order valence-corrected chi connectivity index (χ3v) is 4.27. The van der Waals surface area contributed by atoms with Crippen molar-refractivity contribution in [2.45, 2.75) is 33.7 Å². The fourth-order valence-corrected chi connectivity index (χ4v) is 2.98. The second kappa shape index (κ2) is 8.49. The highest BCUT2D eigenvalue weighted by atomic mass is 35.5. The molecular formula is C18H23ClN2O2S. The molecule has 0 aliphatic carbocycles. The number of hydrogen-bond donors (Lipinski definition) is 0. The molecule has 2 aromatic rings. The van der Waals surface area contributed by atoms with E-state index in [1.165, 1.54) is 0 Å². The quantitative estimate of drug-likeness (QED) is 0.651. The third-order valence-electron chi connectivity index (χ3n) is 3.57. The van der Waals surface area contributed by atoms with E-state index in [0.29, 0.717) is 34.7 Å². The topological polar surface area (TPSA) is 36.3 Å². The Balaban J connectivity index is 2.48. The SMILES string of the molecule is CCOc1nc(Cl)c(CC(C)C)n(Cc2ccc(OC)cc2)c1=S. The first-order chi connectivity index (χ1) is 11.5. The lowest BCUT2D eigenvalue weighted by atomic mass is 10.1. The van der Waals surface area contributed by atoms with Crippen LogP contribution in [0.4, 0.5) is 0 Å². The van der Waals surface area contributed by atoms with Crippen LogP contribution in [0.25, 0.3) is 0 Å². The number of benzene rings is 1. The summed E-state index contributed by atoms with van der Waals surface area (Å²) in [6.07, 6.45) is 0.804. The van der Waals surface area contributed by atoms with Gasteiger partial charge in [0, 0.05) is 6.54 Å². The molecule has 1 aromatic carbocycles. The molecule has 0 amide bonds. The van der Waals surface area contributed by atoms with E-state index in [4.69, 9.17) is 33.3 Å². The average Bonchev–Trinajstić information content (AvgIpc) is 2.56. The largest absolute Gasteiger partial charge is 0.497 e. The summed E-state index contributed by atoms with van der Waals surface area (Å²) in [6, 6.07) is 7.92. The Morgan fingerprint density at radius 2 is 1.92 bits per heavy atom. The van der Waals surface area contributed by atoms with E-state index < -0.39 is 0 Å². The molecular weight excluding hydrogens is 344 g/mol. The van der Waals surface area contributed by atoms with Crippen molar-refractivity contribution in [1.29, 1.82) is 0 Å². The summed E-state index contributed by atoms with van der Waals surface area (Å²) in [5, 5.41) is 0.453. The lowest BCUT2D eigenvalue weighted by Gasteiger charge is -2.18. The van der Waals surface area contributed by atoms with Gasteiger partial charge in [-0.05, 0) is 37.0 Å². The summed E-state index contributed by atoms with van der Waals surface area (Å²) in [5.74, 6) is 1.68. The normalized spacial score (nSPS) is 10.9. The van der Waals surface area contributed by atoms with Crippen molar-refractivity contribution in [3.05, 3.63) is 45.3 Å². The molecule has 0 unspecified atom stereocenters. The van der Waals surface area contributed by atoms with E-state index in [9.17, 15) is 0 Å². The molecule has 2 rings (SSSR count). The molecule has 0 saturated heterocycles. The molecule has 6 heteroatoms. The van der Waals surface area contributed by atoms with Gasteiger partial charge >= 0.3 is 0 Å². The highest BCUT2D eigenvalue weighted by molar-refractivity contribution is 7.71. The van der Waals surface area contributed by atoms with Gasteiger partial charge in [0.1, 0.15) is 5.75 Å². The van der Waals surface area contributed by atoms with Crippen LogP contribution in [-0.2, 0) is 13.0 Å². The van der Waals surface area contributed by atoms with Crippen molar-refractivity contribution in [1.82, 2.24) is 9.55 Å². The van der Waals surface area contributed by atoms with Gasteiger partial charge in [-0.1, -0.05) is 49.8 Å². The van der Waals surface area contributed by atoms with Crippen LogP contribution < -0.4 is 9.47 Å². The standard InChI is InChI=1S/C18H23ClN2O2S/c1-5-23-17-18(24)21(15(10-12(2)3)16(19)20-17)11-13-6-8-14(22-4)9-7-13/h6-9,12H,5,10-11H2,1-4H3. The Morgan fingerprint density at radius 3 is 2.46 bits per heavy atom. The Kier molecular flexibility index (Phi) is 6.63. The van der Waals surface area contributed by atoms with Crippen LogP contribution in [0.3, 0.4) is 0 Å². The van der Waals surface area contributed by atoms with E-state index >= 15 is 0 Å². The third kappa shape index (κ3) is 4.48. The van der Waals surface area contributed by atoms with Crippen LogP contribution in [0, 0.1) is 10.6 Å². The molecule has 24 heavy (non-hydrogen) atoms. The van der Waals surface area contributed by atoms with Gasteiger partial charge in [0.15, 0.2) is 9.79 Å². The molecule has 0 atom stereocenters. The molecule has 0 fully saturated rings. The highest BCUT2D eigenvalue weighted by Crippen LogP contribution is 2.25. The van der Waals surface area contributed by atoms with Crippen LogP contribution in [0.2, 0.25) is 5.15 Å². The van der Waals surface area contributed by atoms with Gasteiger partial charge < -0.3 is 14.0 Å². The van der Waals surface area contributed by atoms with Crippen LogP contribution in [0.1, 0.15) is 32.0 Å². The minimum atomic E-state index is 0.415. The van der Waals surface area contributed by atoms with Crippen molar-refractivity contribution in [2.24, 2.45) is 5.92 Å². The zero-order chi connectivity index (χ0) is 17.7.